The molecule has 2 unspecified atom stereocenters. The normalized spacial score (nSPS) is 25.1. The zero-order valence-corrected chi connectivity index (χ0v) is 11.3. The first-order valence-electron chi connectivity index (χ1n) is 6.66. The van der Waals surface area contributed by atoms with Crippen LogP contribution in [0.1, 0.15) is 26.2 Å². The van der Waals surface area contributed by atoms with E-state index in [-0.39, 0.29) is 11.8 Å². The summed E-state index contributed by atoms with van der Waals surface area (Å²) >= 11 is 0. The van der Waals surface area contributed by atoms with Crippen LogP contribution in [0.4, 0.5) is 5.69 Å². The average Bonchev–Trinajstić information content (AvgIpc) is 2.83. The minimum Gasteiger partial charge on any atom is -0.490 e. The molecule has 1 saturated carbocycles. The molecule has 1 N–H and O–H groups in total. The quantitative estimate of drug-likeness (QED) is 0.658. The van der Waals surface area contributed by atoms with Gasteiger partial charge in [-0.2, -0.15) is 5.26 Å². The minimum absolute atomic E-state index is 0.0127. The minimum atomic E-state index is -0.528. The molecule has 0 bridgehead atoms. The Morgan fingerprint density at radius 2 is 2.45 bits per heavy atom. The monoisotopic (exact) mass is 275 g/mol. The van der Waals surface area contributed by atoms with Gasteiger partial charge in [-0.25, -0.2) is 0 Å². The second-order valence-corrected chi connectivity index (χ2v) is 4.96. The Hall–Kier alpha value is -2.13. The number of non-ortho nitro benzene ring substituents is 1. The highest BCUT2D eigenvalue weighted by Crippen LogP contribution is 2.33. The van der Waals surface area contributed by atoms with E-state index in [1.165, 1.54) is 12.1 Å². The van der Waals surface area contributed by atoms with Crippen molar-refractivity contribution in [1.29, 1.82) is 5.26 Å². The Labute approximate surface area is 117 Å². The van der Waals surface area contributed by atoms with Crippen molar-refractivity contribution in [2.24, 2.45) is 0 Å². The van der Waals surface area contributed by atoms with Crippen LogP contribution in [0.15, 0.2) is 24.3 Å². The summed E-state index contributed by atoms with van der Waals surface area (Å²) in [7, 11) is 0. The van der Waals surface area contributed by atoms with E-state index in [0.29, 0.717) is 12.2 Å². The lowest BCUT2D eigenvalue weighted by Crippen LogP contribution is -2.42. The number of hydrogen-bond acceptors (Lipinski definition) is 5. The largest absolute Gasteiger partial charge is 0.490 e. The smallest absolute Gasteiger partial charge is 0.273 e. The van der Waals surface area contributed by atoms with Crippen LogP contribution in [0.2, 0.25) is 0 Å². The van der Waals surface area contributed by atoms with Gasteiger partial charge in [0.2, 0.25) is 0 Å². The molecule has 0 saturated heterocycles. The number of benzene rings is 1. The van der Waals surface area contributed by atoms with Crippen molar-refractivity contribution in [2.45, 2.75) is 37.8 Å². The lowest BCUT2D eigenvalue weighted by atomic mass is 10.00. The molecule has 1 aromatic rings. The van der Waals surface area contributed by atoms with E-state index in [0.717, 1.165) is 19.4 Å². The van der Waals surface area contributed by atoms with Crippen LogP contribution in [0.5, 0.6) is 5.75 Å². The molecule has 0 amide bonds. The standard InChI is InChI=1S/C14H17N3O3/c1-2-16-14(10-15)7-6-13(9-14)20-12-5-3-4-11(8-12)17(18)19/h3-5,8,13,16H,2,6-7,9H2,1H3. The molecule has 1 aliphatic rings. The Morgan fingerprint density at radius 3 is 3.10 bits per heavy atom. The fraction of sp³-hybridized carbons (Fsp3) is 0.500. The van der Waals surface area contributed by atoms with Gasteiger partial charge in [-0.15, -0.1) is 0 Å². The number of nitriles is 1. The average molecular weight is 275 g/mol. The first-order chi connectivity index (χ1) is 9.58. The third-order valence-electron chi connectivity index (χ3n) is 3.53. The molecule has 2 atom stereocenters. The summed E-state index contributed by atoms with van der Waals surface area (Å²) < 4.78 is 5.77. The number of rotatable bonds is 5. The van der Waals surface area contributed by atoms with Gasteiger partial charge in [-0.05, 0) is 25.5 Å². The molecular formula is C14H17N3O3. The zero-order chi connectivity index (χ0) is 14.6. The van der Waals surface area contributed by atoms with Crippen molar-refractivity contribution in [3.8, 4) is 11.8 Å². The third-order valence-corrected chi connectivity index (χ3v) is 3.53. The van der Waals surface area contributed by atoms with Crippen molar-refractivity contribution in [3.63, 3.8) is 0 Å². The number of hydrogen-bond donors (Lipinski definition) is 1. The topological polar surface area (TPSA) is 88.2 Å². The van der Waals surface area contributed by atoms with Gasteiger partial charge in [0.05, 0.1) is 17.1 Å². The summed E-state index contributed by atoms with van der Waals surface area (Å²) in [5, 5.41) is 23.2. The summed E-state index contributed by atoms with van der Waals surface area (Å²) in [5.74, 6) is 0.481. The SMILES string of the molecule is CCNC1(C#N)CCC(Oc2cccc([N+](=O)[O-])c2)C1. The second-order valence-electron chi connectivity index (χ2n) is 4.96. The molecule has 6 nitrogen and oxygen atoms in total. The fourth-order valence-corrected chi connectivity index (χ4v) is 2.60. The predicted octanol–water partition coefficient (Wildman–Crippen LogP) is 2.40. The molecule has 20 heavy (non-hydrogen) atoms. The summed E-state index contributed by atoms with van der Waals surface area (Å²) in [6.45, 7) is 2.70. The van der Waals surface area contributed by atoms with Gasteiger partial charge in [-0.3, -0.25) is 15.4 Å². The van der Waals surface area contributed by atoms with E-state index in [1.54, 1.807) is 12.1 Å². The van der Waals surface area contributed by atoms with Gasteiger partial charge >= 0.3 is 0 Å². The van der Waals surface area contributed by atoms with E-state index in [9.17, 15) is 15.4 Å². The van der Waals surface area contributed by atoms with Crippen LogP contribution in [0.25, 0.3) is 0 Å². The molecule has 1 aromatic carbocycles. The van der Waals surface area contributed by atoms with Gasteiger partial charge in [-0.1, -0.05) is 13.0 Å². The van der Waals surface area contributed by atoms with Crippen LogP contribution in [0.3, 0.4) is 0 Å². The number of nitrogens with zero attached hydrogens (tertiary/aromatic N) is 2. The Kier molecular flexibility index (Phi) is 4.20. The van der Waals surface area contributed by atoms with Crippen molar-refractivity contribution in [3.05, 3.63) is 34.4 Å². The Bertz CT molecular complexity index is 541. The Morgan fingerprint density at radius 1 is 1.65 bits per heavy atom. The highest BCUT2D eigenvalue weighted by atomic mass is 16.6. The second kappa shape index (κ2) is 5.88. The molecule has 1 fully saturated rings. The van der Waals surface area contributed by atoms with Crippen molar-refractivity contribution in [1.82, 2.24) is 5.32 Å². The van der Waals surface area contributed by atoms with Gasteiger partial charge in [0.15, 0.2) is 0 Å². The highest BCUT2D eigenvalue weighted by molar-refractivity contribution is 5.38. The maximum atomic E-state index is 10.7. The summed E-state index contributed by atoms with van der Waals surface area (Å²) in [6, 6.07) is 8.47. The van der Waals surface area contributed by atoms with Crippen LogP contribution < -0.4 is 10.1 Å². The number of nitro groups is 1. The van der Waals surface area contributed by atoms with Gasteiger partial charge < -0.3 is 4.74 Å². The van der Waals surface area contributed by atoms with E-state index < -0.39 is 10.5 Å². The maximum absolute atomic E-state index is 10.7. The molecule has 0 heterocycles. The van der Waals surface area contributed by atoms with Gasteiger partial charge in [0.25, 0.3) is 5.69 Å². The summed E-state index contributed by atoms with van der Waals surface area (Å²) in [6.07, 6.45) is 2.01. The first-order valence-corrected chi connectivity index (χ1v) is 6.66. The molecule has 6 heteroatoms. The maximum Gasteiger partial charge on any atom is 0.273 e. The van der Waals surface area contributed by atoms with Crippen LogP contribution in [-0.2, 0) is 0 Å². The van der Waals surface area contributed by atoms with E-state index in [4.69, 9.17) is 4.74 Å². The van der Waals surface area contributed by atoms with Crippen LogP contribution in [0, 0.1) is 21.4 Å². The molecule has 0 spiro atoms. The summed E-state index contributed by atoms with van der Waals surface area (Å²) in [5.41, 5.74) is -0.515. The van der Waals surface area contributed by atoms with E-state index in [1.807, 2.05) is 6.92 Å². The van der Waals surface area contributed by atoms with Crippen LogP contribution in [-0.4, -0.2) is 23.1 Å². The van der Waals surface area contributed by atoms with Crippen molar-refractivity contribution < 1.29 is 9.66 Å². The Balaban J connectivity index is 2.04. The molecule has 0 aliphatic heterocycles. The van der Waals surface area contributed by atoms with Crippen molar-refractivity contribution in [2.75, 3.05) is 6.54 Å². The molecule has 2 rings (SSSR count). The van der Waals surface area contributed by atoms with Gasteiger partial charge in [0, 0.05) is 12.5 Å². The molecule has 0 aromatic heterocycles. The first kappa shape index (κ1) is 14.3. The van der Waals surface area contributed by atoms with E-state index >= 15 is 0 Å². The third kappa shape index (κ3) is 3.06. The molecule has 1 aliphatic carbocycles. The number of nitro benzene ring substituents is 1. The fourth-order valence-electron chi connectivity index (χ4n) is 2.60. The van der Waals surface area contributed by atoms with Gasteiger partial charge in [0.1, 0.15) is 17.4 Å². The molecule has 0 radical (unpaired) electrons. The lowest BCUT2D eigenvalue weighted by Gasteiger charge is -2.21. The molecule has 106 valence electrons. The van der Waals surface area contributed by atoms with E-state index in [2.05, 4.69) is 11.4 Å². The van der Waals surface area contributed by atoms with Crippen LogP contribution >= 0.6 is 0 Å². The highest BCUT2D eigenvalue weighted by Gasteiger charge is 2.40. The number of ether oxygens (including phenoxy) is 1. The molecular weight excluding hydrogens is 258 g/mol. The lowest BCUT2D eigenvalue weighted by molar-refractivity contribution is -0.384. The number of nitrogens with one attached hydrogen (secondary N) is 1. The van der Waals surface area contributed by atoms with Crippen molar-refractivity contribution >= 4 is 5.69 Å². The summed E-state index contributed by atoms with van der Waals surface area (Å²) in [4.78, 5) is 10.3. The predicted molar refractivity (Wildman–Crippen MR) is 73.4 cm³/mol. The zero-order valence-electron chi connectivity index (χ0n) is 11.3.